The molecule has 3 heteroatoms. The minimum atomic E-state index is 0.259. The molecule has 0 saturated carbocycles. The van der Waals surface area contributed by atoms with Crippen molar-refractivity contribution in [3.05, 3.63) is 42.0 Å². The SMILES string of the molecule is COCOc1c(C)ccc2c1[nH]c1ccccc12. The molecule has 0 atom stereocenters. The second-order valence-corrected chi connectivity index (χ2v) is 4.36. The number of aryl methyl sites for hydroxylation is 1. The van der Waals surface area contributed by atoms with Gasteiger partial charge in [0.25, 0.3) is 0 Å². The van der Waals surface area contributed by atoms with Crippen molar-refractivity contribution >= 4 is 21.8 Å². The average Bonchev–Trinajstić information content (AvgIpc) is 2.76. The summed E-state index contributed by atoms with van der Waals surface area (Å²) in [6.45, 7) is 2.30. The van der Waals surface area contributed by atoms with Gasteiger partial charge in [-0.1, -0.05) is 30.3 Å². The number of aromatic amines is 1. The van der Waals surface area contributed by atoms with Crippen LogP contribution in [0, 0.1) is 6.92 Å². The minimum Gasteiger partial charge on any atom is -0.465 e. The standard InChI is InChI=1S/C15H15NO2/c1-10-7-8-12-11-5-3-4-6-13(11)16-14(12)15(10)18-9-17-2/h3-8,16H,9H2,1-2H3. The van der Waals surface area contributed by atoms with Crippen LogP contribution < -0.4 is 4.74 Å². The van der Waals surface area contributed by atoms with Crippen LogP contribution in [0.3, 0.4) is 0 Å². The predicted octanol–water partition coefficient (Wildman–Crippen LogP) is 3.61. The summed E-state index contributed by atoms with van der Waals surface area (Å²) in [5, 5.41) is 2.40. The Morgan fingerprint density at radius 3 is 2.72 bits per heavy atom. The molecule has 0 amide bonds. The van der Waals surface area contributed by atoms with E-state index in [2.05, 4.69) is 29.2 Å². The van der Waals surface area contributed by atoms with Crippen molar-refractivity contribution < 1.29 is 9.47 Å². The van der Waals surface area contributed by atoms with E-state index in [1.807, 2.05) is 19.1 Å². The molecule has 0 unspecified atom stereocenters. The third kappa shape index (κ3) is 1.64. The maximum absolute atomic E-state index is 5.68. The van der Waals surface area contributed by atoms with Crippen LogP contribution in [-0.4, -0.2) is 18.9 Å². The van der Waals surface area contributed by atoms with Crippen LogP contribution in [0.2, 0.25) is 0 Å². The van der Waals surface area contributed by atoms with Gasteiger partial charge in [-0.05, 0) is 18.6 Å². The van der Waals surface area contributed by atoms with Gasteiger partial charge in [-0.3, -0.25) is 0 Å². The Labute approximate surface area is 105 Å². The molecule has 3 rings (SSSR count). The monoisotopic (exact) mass is 241 g/mol. The maximum atomic E-state index is 5.68. The number of ether oxygens (including phenoxy) is 2. The van der Waals surface area contributed by atoms with E-state index in [1.54, 1.807) is 7.11 Å². The predicted molar refractivity (Wildman–Crippen MR) is 73.0 cm³/mol. The van der Waals surface area contributed by atoms with E-state index in [1.165, 1.54) is 10.8 Å². The minimum absolute atomic E-state index is 0.259. The number of hydrogen-bond donors (Lipinski definition) is 1. The lowest BCUT2D eigenvalue weighted by molar-refractivity contribution is 0.0516. The lowest BCUT2D eigenvalue weighted by atomic mass is 10.1. The Balaban J connectivity index is 2.29. The highest BCUT2D eigenvalue weighted by atomic mass is 16.7. The maximum Gasteiger partial charge on any atom is 0.188 e. The molecule has 18 heavy (non-hydrogen) atoms. The van der Waals surface area contributed by atoms with Crippen molar-refractivity contribution in [2.24, 2.45) is 0 Å². The molecule has 1 N–H and O–H groups in total. The molecule has 0 aliphatic heterocycles. The zero-order chi connectivity index (χ0) is 12.5. The Morgan fingerprint density at radius 2 is 1.89 bits per heavy atom. The molecule has 3 aromatic rings. The lowest BCUT2D eigenvalue weighted by Gasteiger charge is -2.09. The van der Waals surface area contributed by atoms with Crippen molar-refractivity contribution in [1.29, 1.82) is 0 Å². The molecule has 0 aliphatic rings. The number of nitrogens with one attached hydrogen (secondary N) is 1. The van der Waals surface area contributed by atoms with Gasteiger partial charge in [0.15, 0.2) is 6.79 Å². The average molecular weight is 241 g/mol. The highest BCUT2D eigenvalue weighted by Gasteiger charge is 2.11. The van der Waals surface area contributed by atoms with E-state index >= 15 is 0 Å². The molecule has 1 heterocycles. The first-order chi connectivity index (χ1) is 8.81. The van der Waals surface area contributed by atoms with Crippen molar-refractivity contribution in [2.45, 2.75) is 6.92 Å². The van der Waals surface area contributed by atoms with Crippen molar-refractivity contribution in [3.63, 3.8) is 0 Å². The number of rotatable bonds is 3. The second kappa shape index (κ2) is 4.35. The molecule has 0 aliphatic carbocycles. The van der Waals surface area contributed by atoms with Gasteiger partial charge in [0.2, 0.25) is 0 Å². The third-order valence-electron chi connectivity index (χ3n) is 3.15. The highest BCUT2D eigenvalue weighted by molar-refractivity contribution is 6.09. The summed E-state index contributed by atoms with van der Waals surface area (Å²) in [4.78, 5) is 3.42. The number of methoxy groups -OCH3 is 1. The topological polar surface area (TPSA) is 34.2 Å². The number of aromatic nitrogens is 1. The number of H-pyrrole nitrogens is 1. The number of para-hydroxylation sites is 1. The Morgan fingerprint density at radius 1 is 1.06 bits per heavy atom. The van der Waals surface area contributed by atoms with Crippen molar-refractivity contribution in [2.75, 3.05) is 13.9 Å². The molecular weight excluding hydrogens is 226 g/mol. The van der Waals surface area contributed by atoms with Crippen LogP contribution in [-0.2, 0) is 4.74 Å². The normalized spacial score (nSPS) is 11.2. The zero-order valence-electron chi connectivity index (χ0n) is 10.5. The van der Waals surface area contributed by atoms with E-state index in [0.717, 1.165) is 22.3 Å². The first-order valence-electron chi connectivity index (χ1n) is 5.93. The Hall–Kier alpha value is -2.00. The molecule has 0 saturated heterocycles. The fraction of sp³-hybridized carbons (Fsp3) is 0.200. The highest BCUT2D eigenvalue weighted by Crippen LogP contribution is 2.33. The third-order valence-corrected chi connectivity index (χ3v) is 3.15. The van der Waals surface area contributed by atoms with Crippen LogP contribution in [0.25, 0.3) is 21.8 Å². The quantitative estimate of drug-likeness (QED) is 0.711. The van der Waals surface area contributed by atoms with Gasteiger partial charge >= 0.3 is 0 Å². The molecular formula is C15H15NO2. The van der Waals surface area contributed by atoms with E-state index in [4.69, 9.17) is 9.47 Å². The van der Waals surface area contributed by atoms with Crippen LogP contribution in [0.1, 0.15) is 5.56 Å². The van der Waals surface area contributed by atoms with E-state index < -0.39 is 0 Å². The van der Waals surface area contributed by atoms with Gasteiger partial charge in [0.05, 0.1) is 5.52 Å². The second-order valence-electron chi connectivity index (χ2n) is 4.36. The van der Waals surface area contributed by atoms with Crippen LogP contribution in [0.5, 0.6) is 5.75 Å². The summed E-state index contributed by atoms with van der Waals surface area (Å²) in [5.41, 5.74) is 3.26. The number of benzene rings is 2. The van der Waals surface area contributed by atoms with Gasteiger partial charge in [-0.15, -0.1) is 0 Å². The molecule has 3 nitrogen and oxygen atoms in total. The van der Waals surface area contributed by atoms with E-state index in [-0.39, 0.29) is 6.79 Å². The fourth-order valence-electron chi connectivity index (χ4n) is 2.30. The lowest BCUT2D eigenvalue weighted by Crippen LogP contribution is -2.00. The van der Waals surface area contributed by atoms with Gasteiger partial charge in [-0.25, -0.2) is 0 Å². The Bertz CT molecular complexity index is 700. The summed E-state index contributed by atoms with van der Waals surface area (Å²) in [7, 11) is 1.63. The fourth-order valence-corrected chi connectivity index (χ4v) is 2.30. The summed E-state index contributed by atoms with van der Waals surface area (Å²) in [6, 6.07) is 12.5. The first-order valence-corrected chi connectivity index (χ1v) is 5.93. The van der Waals surface area contributed by atoms with Gasteiger partial charge in [0, 0.05) is 23.4 Å². The summed E-state index contributed by atoms with van der Waals surface area (Å²) < 4.78 is 10.7. The summed E-state index contributed by atoms with van der Waals surface area (Å²) in [6.07, 6.45) is 0. The molecule has 0 bridgehead atoms. The Kier molecular flexibility index (Phi) is 2.68. The molecule has 0 fully saturated rings. The van der Waals surface area contributed by atoms with Gasteiger partial charge in [0.1, 0.15) is 5.75 Å². The van der Waals surface area contributed by atoms with Crippen molar-refractivity contribution in [1.82, 2.24) is 4.98 Å². The molecule has 0 radical (unpaired) electrons. The van der Waals surface area contributed by atoms with Crippen LogP contribution >= 0.6 is 0 Å². The summed E-state index contributed by atoms with van der Waals surface area (Å²) in [5.74, 6) is 0.866. The molecule has 0 spiro atoms. The molecule has 1 aromatic heterocycles. The largest absolute Gasteiger partial charge is 0.465 e. The van der Waals surface area contributed by atoms with Crippen LogP contribution in [0.4, 0.5) is 0 Å². The molecule has 2 aromatic carbocycles. The number of fused-ring (bicyclic) bond motifs is 3. The molecule has 92 valence electrons. The first kappa shape index (κ1) is 11.1. The number of hydrogen-bond acceptors (Lipinski definition) is 2. The van der Waals surface area contributed by atoms with E-state index in [9.17, 15) is 0 Å². The van der Waals surface area contributed by atoms with Gasteiger partial charge < -0.3 is 14.5 Å². The zero-order valence-corrected chi connectivity index (χ0v) is 10.5. The van der Waals surface area contributed by atoms with Crippen molar-refractivity contribution in [3.8, 4) is 5.75 Å². The van der Waals surface area contributed by atoms with Crippen LogP contribution in [0.15, 0.2) is 36.4 Å². The smallest absolute Gasteiger partial charge is 0.188 e. The summed E-state index contributed by atoms with van der Waals surface area (Å²) >= 11 is 0. The van der Waals surface area contributed by atoms with E-state index in [0.29, 0.717) is 0 Å². The van der Waals surface area contributed by atoms with Gasteiger partial charge in [-0.2, -0.15) is 0 Å².